The zero-order valence-electron chi connectivity index (χ0n) is 13.8. The predicted molar refractivity (Wildman–Crippen MR) is 85.6 cm³/mol. The number of hydrogen-bond acceptors (Lipinski definition) is 5. The SMILES string of the molecule is Cc1oc(-c2ccco2)nc1CC(=O)N1CCC(N)C(C)(C)C1. The van der Waals surface area contributed by atoms with E-state index in [9.17, 15) is 4.79 Å². The number of nitrogens with two attached hydrogens (primary N) is 1. The molecule has 1 aliphatic heterocycles. The lowest BCUT2D eigenvalue weighted by molar-refractivity contribution is -0.133. The number of carbonyl (C=O) groups is 1. The van der Waals surface area contributed by atoms with Crippen molar-refractivity contribution in [2.75, 3.05) is 13.1 Å². The van der Waals surface area contributed by atoms with Crippen LogP contribution in [0.4, 0.5) is 0 Å². The van der Waals surface area contributed by atoms with Gasteiger partial charge in [0.2, 0.25) is 5.91 Å². The fraction of sp³-hybridized carbons (Fsp3) is 0.529. The second-order valence-corrected chi connectivity index (χ2v) is 6.88. The average Bonchev–Trinajstić information content (AvgIpc) is 3.12. The van der Waals surface area contributed by atoms with Crippen molar-refractivity contribution in [3.8, 4) is 11.7 Å². The van der Waals surface area contributed by atoms with E-state index < -0.39 is 0 Å². The van der Waals surface area contributed by atoms with Crippen LogP contribution in [-0.2, 0) is 11.2 Å². The Labute approximate surface area is 135 Å². The van der Waals surface area contributed by atoms with Gasteiger partial charge >= 0.3 is 0 Å². The normalized spacial score (nSPS) is 20.7. The van der Waals surface area contributed by atoms with Crippen LogP contribution < -0.4 is 5.73 Å². The molecule has 1 saturated heterocycles. The molecule has 0 aromatic carbocycles. The second-order valence-electron chi connectivity index (χ2n) is 6.88. The number of aryl methyl sites for hydroxylation is 1. The van der Waals surface area contributed by atoms with E-state index in [2.05, 4.69) is 18.8 Å². The van der Waals surface area contributed by atoms with Gasteiger partial charge in [0.1, 0.15) is 5.76 Å². The topological polar surface area (TPSA) is 85.5 Å². The number of nitrogens with zero attached hydrogens (tertiary/aromatic N) is 2. The summed E-state index contributed by atoms with van der Waals surface area (Å²) in [6.45, 7) is 7.40. The van der Waals surface area contributed by atoms with Gasteiger partial charge in [0, 0.05) is 19.1 Å². The number of rotatable bonds is 3. The molecule has 2 aromatic heterocycles. The minimum atomic E-state index is -0.0634. The van der Waals surface area contributed by atoms with Gasteiger partial charge in [-0.25, -0.2) is 4.98 Å². The maximum Gasteiger partial charge on any atom is 0.263 e. The summed E-state index contributed by atoms with van der Waals surface area (Å²) in [7, 11) is 0. The van der Waals surface area contributed by atoms with Crippen molar-refractivity contribution in [1.29, 1.82) is 0 Å². The van der Waals surface area contributed by atoms with E-state index >= 15 is 0 Å². The van der Waals surface area contributed by atoms with Gasteiger partial charge in [-0.3, -0.25) is 4.79 Å². The predicted octanol–water partition coefficient (Wildman–Crippen LogP) is 2.37. The van der Waals surface area contributed by atoms with E-state index in [0.717, 1.165) is 6.42 Å². The van der Waals surface area contributed by atoms with Crippen molar-refractivity contribution in [2.24, 2.45) is 11.1 Å². The van der Waals surface area contributed by atoms with E-state index in [1.165, 1.54) is 0 Å². The Kier molecular flexibility index (Phi) is 4.02. The number of hydrogen-bond donors (Lipinski definition) is 1. The van der Waals surface area contributed by atoms with Crippen molar-refractivity contribution < 1.29 is 13.6 Å². The van der Waals surface area contributed by atoms with Gasteiger partial charge in [0.25, 0.3) is 5.89 Å². The Hall–Kier alpha value is -2.08. The second kappa shape index (κ2) is 5.85. The molecule has 6 heteroatoms. The first-order valence-corrected chi connectivity index (χ1v) is 7.90. The van der Waals surface area contributed by atoms with Crippen molar-refractivity contribution in [3.05, 3.63) is 29.9 Å². The summed E-state index contributed by atoms with van der Waals surface area (Å²) in [4.78, 5) is 18.9. The lowest BCUT2D eigenvalue weighted by atomic mass is 9.79. The largest absolute Gasteiger partial charge is 0.459 e. The first-order valence-electron chi connectivity index (χ1n) is 7.90. The van der Waals surface area contributed by atoms with E-state index in [-0.39, 0.29) is 23.8 Å². The monoisotopic (exact) mass is 317 g/mol. The fourth-order valence-corrected chi connectivity index (χ4v) is 2.94. The fourth-order valence-electron chi connectivity index (χ4n) is 2.94. The molecule has 3 rings (SSSR count). The van der Waals surface area contributed by atoms with Crippen LogP contribution in [-0.4, -0.2) is 34.9 Å². The molecule has 6 nitrogen and oxygen atoms in total. The van der Waals surface area contributed by atoms with E-state index in [1.54, 1.807) is 18.4 Å². The number of aromatic nitrogens is 1. The first-order chi connectivity index (χ1) is 10.9. The van der Waals surface area contributed by atoms with E-state index in [0.29, 0.717) is 36.2 Å². The Bertz CT molecular complexity index is 688. The van der Waals surface area contributed by atoms with E-state index in [1.807, 2.05) is 11.8 Å². The maximum atomic E-state index is 12.6. The van der Waals surface area contributed by atoms with Gasteiger partial charge in [-0.15, -0.1) is 0 Å². The zero-order chi connectivity index (χ0) is 16.6. The summed E-state index contributed by atoms with van der Waals surface area (Å²) >= 11 is 0. The third-order valence-electron chi connectivity index (χ3n) is 4.61. The number of amides is 1. The zero-order valence-corrected chi connectivity index (χ0v) is 13.8. The highest BCUT2D eigenvalue weighted by Gasteiger charge is 2.35. The minimum absolute atomic E-state index is 0.0624. The van der Waals surface area contributed by atoms with Gasteiger partial charge in [0.05, 0.1) is 18.4 Å². The van der Waals surface area contributed by atoms with Gasteiger partial charge in [0.15, 0.2) is 5.76 Å². The third kappa shape index (κ3) is 3.17. The third-order valence-corrected chi connectivity index (χ3v) is 4.61. The van der Waals surface area contributed by atoms with Crippen LogP contribution in [0.1, 0.15) is 31.7 Å². The standard InChI is InChI=1S/C17H23N3O3/c1-11-12(19-16(23-11)13-5-4-8-22-13)9-15(21)20-7-6-14(18)17(2,3)10-20/h4-5,8,14H,6-7,9-10,18H2,1-3H3. The van der Waals surface area contributed by atoms with Gasteiger partial charge in [-0.2, -0.15) is 0 Å². The number of likely N-dealkylation sites (tertiary alicyclic amines) is 1. The molecule has 0 aliphatic carbocycles. The van der Waals surface area contributed by atoms with Crippen LogP contribution in [0.5, 0.6) is 0 Å². The molecule has 0 bridgehead atoms. The lowest BCUT2D eigenvalue weighted by Gasteiger charge is -2.42. The van der Waals surface area contributed by atoms with Gasteiger partial charge in [-0.1, -0.05) is 13.8 Å². The number of carbonyl (C=O) groups excluding carboxylic acids is 1. The molecule has 1 atom stereocenters. The Morgan fingerprint density at radius 3 is 2.96 bits per heavy atom. The van der Waals surface area contributed by atoms with Gasteiger partial charge < -0.3 is 19.5 Å². The Morgan fingerprint density at radius 1 is 1.52 bits per heavy atom. The molecule has 23 heavy (non-hydrogen) atoms. The van der Waals surface area contributed by atoms with Crippen molar-refractivity contribution in [1.82, 2.24) is 9.88 Å². The molecule has 2 N–H and O–H groups in total. The van der Waals surface area contributed by atoms with Gasteiger partial charge in [-0.05, 0) is 30.9 Å². The van der Waals surface area contributed by atoms with Crippen LogP contribution in [0.3, 0.4) is 0 Å². The summed E-state index contributed by atoms with van der Waals surface area (Å²) in [5.41, 5.74) is 6.73. The molecule has 1 amide bonds. The van der Waals surface area contributed by atoms with Crippen LogP contribution in [0.25, 0.3) is 11.7 Å². The average molecular weight is 317 g/mol. The molecule has 1 unspecified atom stereocenters. The smallest absolute Gasteiger partial charge is 0.263 e. The molecule has 1 aliphatic rings. The molecule has 0 spiro atoms. The highest BCUT2D eigenvalue weighted by atomic mass is 16.4. The first kappa shape index (κ1) is 15.8. The molecule has 1 fully saturated rings. The van der Waals surface area contributed by atoms with Crippen molar-refractivity contribution >= 4 is 5.91 Å². The molecule has 0 radical (unpaired) electrons. The number of piperidine rings is 1. The number of oxazole rings is 1. The summed E-state index contributed by atoms with van der Waals surface area (Å²) in [6, 6.07) is 3.69. The molecular formula is C17H23N3O3. The van der Waals surface area contributed by atoms with Crippen molar-refractivity contribution in [3.63, 3.8) is 0 Å². The summed E-state index contributed by atoms with van der Waals surface area (Å²) in [6.07, 6.45) is 2.63. The van der Waals surface area contributed by atoms with Crippen LogP contribution in [0, 0.1) is 12.3 Å². The summed E-state index contributed by atoms with van der Waals surface area (Å²) in [5.74, 6) is 1.69. The molecule has 124 valence electrons. The summed E-state index contributed by atoms with van der Waals surface area (Å²) in [5, 5.41) is 0. The molecule has 2 aromatic rings. The van der Waals surface area contributed by atoms with Crippen LogP contribution >= 0.6 is 0 Å². The molecule has 3 heterocycles. The lowest BCUT2D eigenvalue weighted by Crippen LogP contribution is -2.54. The maximum absolute atomic E-state index is 12.6. The molecule has 0 saturated carbocycles. The highest BCUT2D eigenvalue weighted by molar-refractivity contribution is 5.79. The Morgan fingerprint density at radius 2 is 2.30 bits per heavy atom. The highest BCUT2D eigenvalue weighted by Crippen LogP contribution is 2.28. The summed E-state index contributed by atoms with van der Waals surface area (Å²) < 4.78 is 10.9. The Balaban J connectivity index is 1.71. The number of furan rings is 1. The minimum Gasteiger partial charge on any atom is -0.459 e. The quantitative estimate of drug-likeness (QED) is 0.939. The van der Waals surface area contributed by atoms with E-state index in [4.69, 9.17) is 14.6 Å². The van der Waals surface area contributed by atoms with Crippen LogP contribution in [0.15, 0.2) is 27.2 Å². The van der Waals surface area contributed by atoms with Crippen molar-refractivity contribution in [2.45, 2.75) is 39.7 Å². The van der Waals surface area contributed by atoms with Crippen LogP contribution in [0.2, 0.25) is 0 Å². The molecular weight excluding hydrogens is 294 g/mol.